The van der Waals surface area contributed by atoms with Crippen LogP contribution in [0.5, 0.6) is 0 Å². The molecule has 1 unspecified atom stereocenters. The molecule has 0 bridgehead atoms. The largest absolute Gasteiger partial charge is 0.469 e. The molecule has 0 saturated heterocycles. The van der Waals surface area contributed by atoms with E-state index in [0.717, 1.165) is 25.0 Å². The van der Waals surface area contributed by atoms with Crippen LogP contribution in [0.3, 0.4) is 0 Å². The van der Waals surface area contributed by atoms with Gasteiger partial charge in [-0.05, 0) is 33.2 Å². The van der Waals surface area contributed by atoms with E-state index in [2.05, 4.69) is 6.08 Å². The smallest absolute Gasteiger partial charge is 0.309 e. The first-order chi connectivity index (χ1) is 9.49. The highest BCUT2D eigenvalue weighted by Gasteiger charge is 2.22. The molecule has 0 aromatic heterocycles. The highest BCUT2D eigenvalue weighted by atomic mass is 16.5. The molecule has 0 N–H and O–H groups in total. The first kappa shape index (κ1) is 16.7. The monoisotopic (exact) mass is 282 g/mol. The molecule has 0 aromatic rings. The van der Waals surface area contributed by atoms with E-state index in [-0.39, 0.29) is 17.8 Å². The van der Waals surface area contributed by atoms with Crippen LogP contribution in [0.25, 0.3) is 0 Å². The van der Waals surface area contributed by atoms with Crippen LogP contribution < -0.4 is 0 Å². The molecular formula is C15H26N2O3. The lowest BCUT2D eigenvalue weighted by Crippen LogP contribution is -2.40. The van der Waals surface area contributed by atoms with Gasteiger partial charge < -0.3 is 9.64 Å². The summed E-state index contributed by atoms with van der Waals surface area (Å²) < 4.78 is 4.70. The number of amides is 1. The summed E-state index contributed by atoms with van der Waals surface area (Å²) >= 11 is 0. The van der Waals surface area contributed by atoms with Crippen molar-refractivity contribution in [3.63, 3.8) is 0 Å². The van der Waals surface area contributed by atoms with Crippen molar-refractivity contribution in [3.05, 3.63) is 11.8 Å². The molecule has 5 nitrogen and oxygen atoms in total. The maximum Gasteiger partial charge on any atom is 0.309 e. The predicted octanol–water partition coefficient (Wildman–Crippen LogP) is 1.64. The molecule has 0 saturated carbocycles. The molecule has 5 heteroatoms. The molecule has 0 aromatic carbocycles. The van der Waals surface area contributed by atoms with Crippen LogP contribution in [-0.2, 0) is 14.3 Å². The fourth-order valence-electron chi connectivity index (χ4n) is 2.56. The SMILES string of the molecule is CCN(C(=O)CN(C)CC(C)C(=O)OC)C1=CCCC1. The molecule has 0 radical (unpaired) electrons. The summed E-state index contributed by atoms with van der Waals surface area (Å²) in [5.41, 5.74) is 1.15. The van der Waals surface area contributed by atoms with Gasteiger partial charge in [0.05, 0.1) is 19.6 Å². The van der Waals surface area contributed by atoms with E-state index in [9.17, 15) is 9.59 Å². The van der Waals surface area contributed by atoms with Gasteiger partial charge in [-0.3, -0.25) is 14.5 Å². The third-order valence-electron chi connectivity index (χ3n) is 3.58. The van der Waals surface area contributed by atoms with Crippen molar-refractivity contribution in [1.29, 1.82) is 0 Å². The first-order valence-corrected chi connectivity index (χ1v) is 7.25. The van der Waals surface area contributed by atoms with Gasteiger partial charge in [-0.2, -0.15) is 0 Å². The fraction of sp³-hybridized carbons (Fsp3) is 0.733. The van der Waals surface area contributed by atoms with Crippen molar-refractivity contribution in [2.75, 3.05) is 33.8 Å². The molecule has 0 fully saturated rings. The number of likely N-dealkylation sites (N-methyl/N-ethyl adjacent to an activating group) is 2. The van der Waals surface area contributed by atoms with Crippen molar-refractivity contribution < 1.29 is 14.3 Å². The fourth-order valence-corrected chi connectivity index (χ4v) is 2.56. The third-order valence-corrected chi connectivity index (χ3v) is 3.58. The number of allylic oxidation sites excluding steroid dienone is 2. The Balaban J connectivity index is 2.49. The Labute approximate surface area is 121 Å². The van der Waals surface area contributed by atoms with Crippen LogP contribution >= 0.6 is 0 Å². The zero-order valence-electron chi connectivity index (χ0n) is 13.0. The van der Waals surface area contributed by atoms with Gasteiger partial charge in [-0.1, -0.05) is 13.0 Å². The average molecular weight is 282 g/mol. The molecule has 0 aliphatic heterocycles. The second-order valence-electron chi connectivity index (χ2n) is 5.35. The normalized spacial score (nSPS) is 15.9. The lowest BCUT2D eigenvalue weighted by molar-refractivity contribution is -0.146. The molecule has 114 valence electrons. The maximum absolute atomic E-state index is 12.3. The first-order valence-electron chi connectivity index (χ1n) is 7.25. The number of hydrogen-bond donors (Lipinski definition) is 0. The van der Waals surface area contributed by atoms with Crippen molar-refractivity contribution in [2.45, 2.75) is 33.1 Å². The van der Waals surface area contributed by atoms with E-state index in [1.165, 1.54) is 7.11 Å². The topological polar surface area (TPSA) is 49.9 Å². The molecule has 1 rings (SSSR count). The van der Waals surface area contributed by atoms with Gasteiger partial charge in [0, 0.05) is 18.8 Å². The standard InChI is InChI=1S/C15H26N2O3/c1-5-17(13-8-6-7-9-13)14(18)11-16(3)10-12(2)15(19)20-4/h8,12H,5-7,9-11H2,1-4H3. The van der Waals surface area contributed by atoms with Crippen LogP contribution in [0.2, 0.25) is 0 Å². The summed E-state index contributed by atoms with van der Waals surface area (Å²) in [6.07, 6.45) is 5.34. The third kappa shape index (κ3) is 4.63. The minimum absolute atomic E-state index is 0.0974. The maximum atomic E-state index is 12.3. The summed E-state index contributed by atoms with van der Waals surface area (Å²) in [5, 5.41) is 0. The Morgan fingerprint density at radius 2 is 2.15 bits per heavy atom. The van der Waals surface area contributed by atoms with Gasteiger partial charge in [0.2, 0.25) is 5.91 Å². The van der Waals surface area contributed by atoms with E-state index in [1.807, 2.05) is 30.7 Å². The molecule has 1 aliphatic carbocycles. The Kier molecular flexibility index (Phi) is 6.71. The summed E-state index contributed by atoms with van der Waals surface area (Å²) in [6.45, 7) is 5.35. The predicted molar refractivity (Wildman–Crippen MR) is 78.0 cm³/mol. The van der Waals surface area contributed by atoms with Gasteiger partial charge in [-0.15, -0.1) is 0 Å². The van der Waals surface area contributed by atoms with Crippen LogP contribution in [0.1, 0.15) is 33.1 Å². The van der Waals surface area contributed by atoms with Crippen molar-refractivity contribution in [3.8, 4) is 0 Å². The van der Waals surface area contributed by atoms with Crippen LogP contribution in [-0.4, -0.2) is 55.5 Å². The van der Waals surface area contributed by atoms with Gasteiger partial charge >= 0.3 is 5.97 Å². The molecule has 0 spiro atoms. The Hall–Kier alpha value is -1.36. The van der Waals surface area contributed by atoms with Gasteiger partial charge in [0.25, 0.3) is 0 Å². The lowest BCUT2D eigenvalue weighted by Gasteiger charge is -2.26. The zero-order chi connectivity index (χ0) is 15.1. The van der Waals surface area contributed by atoms with Gasteiger partial charge in [0.1, 0.15) is 0 Å². The number of nitrogens with zero attached hydrogens (tertiary/aromatic N) is 2. The minimum Gasteiger partial charge on any atom is -0.469 e. The van der Waals surface area contributed by atoms with E-state index in [4.69, 9.17) is 4.74 Å². The molecule has 1 aliphatic rings. The molecule has 1 atom stereocenters. The number of methoxy groups -OCH3 is 1. The van der Waals surface area contributed by atoms with E-state index >= 15 is 0 Å². The number of ether oxygens (including phenoxy) is 1. The van der Waals surface area contributed by atoms with Crippen molar-refractivity contribution >= 4 is 11.9 Å². The Morgan fingerprint density at radius 1 is 1.45 bits per heavy atom. The Bertz CT molecular complexity index is 379. The summed E-state index contributed by atoms with van der Waals surface area (Å²) in [7, 11) is 3.24. The van der Waals surface area contributed by atoms with Crippen LogP contribution in [0, 0.1) is 5.92 Å². The summed E-state index contributed by atoms with van der Waals surface area (Å²) in [5.74, 6) is -0.367. The second kappa shape index (κ2) is 8.04. The zero-order valence-corrected chi connectivity index (χ0v) is 13.0. The molecule has 1 amide bonds. The highest BCUT2D eigenvalue weighted by Crippen LogP contribution is 2.21. The molecule has 20 heavy (non-hydrogen) atoms. The minimum atomic E-state index is -0.241. The van der Waals surface area contributed by atoms with Gasteiger partial charge in [0.15, 0.2) is 0 Å². The van der Waals surface area contributed by atoms with Crippen molar-refractivity contribution in [2.24, 2.45) is 5.92 Å². The van der Waals surface area contributed by atoms with Crippen LogP contribution in [0.15, 0.2) is 11.8 Å². The summed E-state index contributed by atoms with van der Waals surface area (Å²) in [6, 6.07) is 0. The van der Waals surface area contributed by atoms with E-state index in [0.29, 0.717) is 19.6 Å². The lowest BCUT2D eigenvalue weighted by atomic mass is 10.2. The average Bonchev–Trinajstić information content (AvgIpc) is 2.92. The number of carbonyl (C=O) groups excluding carboxylic acids is 2. The second-order valence-corrected chi connectivity index (χ2v) is 5.35. The quantitative estimate of drug-likeness (QED) is 0.666. The molecule has 0 heterocycles. The number of esters is 1. The molecular weight excluding hydrogens is 256 g/mol. The number of rotatable bonds is 7. The summed E-state index contributed by atoms with van der Waals surface area (Å²) in [4.78, 5) is 27.4. The van der Waals surface area contributed by atoms with Crippen LogP contribution in [0.4, 0.5) is 0 Å². The van der Waals surface area contributed by atoms with Crippen molar-refractivity contribution in [1.82, 2.24) is 9.80 Å². The highest BCUT2D eigenvalue weighted by molar-refractivity contribution is 5.80. The number of carbonyl (C=O) groups is 2. The van der Waals surface area contributed by atoms with Gasteiger partial charge in [-0.25, -0.2) is 0 Å². The Morgan fingerprint density at radius 3 is 2.65 bits per heavy atom. The van der Waals surface area contributed by atoms with E-state index < -0.39 is 0 Å². The number of hydrogen-bond acceptors (Lipinski definition) is 4. The van der Waals surface area contributed by atoms with E-state index in [1.54, 1.807) is 0 Å².